The van der Waals surface area contributed by atoms with Gasteiger partial charge in [0.05, 0.1) is 6.61 Å². The molecule has 27 heavy (non-hydrogen) atoms. The van der Waals surface area contributed by atoms with Gasteiger partial charge in [-0.25, -0.2) is 8.42 Å². The number of hydrogen-bond acceptors (Lipinski definition) is 5. The molecule has 138 valence electrons. The number of benzene rings is 3. The predicted molar refractivity (Wildman–Crippen MR) is 103 cm³/mol. The minimum absolute atomic E-state index is 0.181. The van der Waals surface area contributed by atoms with Gasteiger partial charge in [0, 0.05) is 11.1 Å². The van der Waals surface area contributed by atoms with Crippen LogP contribution in [-0.2, 0) is 10.7 Å². The van der Waals surface area contributed by atoms with Crippen LogP contribution in [0.3, 0.4) is 0 Å². The van der Waals surface area contributed by atoms with E-state index in [1.165, 1.54) is 0 Å². The minimum Gasteiger partial charge on any atom is -0.457 e. The van der Waals surface area contributed by atoms with Crippen molar-refractivity contribution in [3.63, 3.8) is 0 Å². The van der Waals surface area contributed by atoms with E-state index < -0.39 is 22.6 Å². The summed E-state index contributed by atoms with van der Waals surface area (Å²) in [6.07, 6.45) is 0. The Morgan fingerprint density at radius 2 is 1.33 bits per heavy atom. The van der Waals surface area contributed by atoms with Crippen LogP contribution >= 0.6 is 0 Å². The van der Waals surface area contributed by atoms with Gasteiger partial charge < -0.3 is 9.84 Å². The molecule has 1 unspecified atom stereocenters. The van der Waals surface area contributed by atoms with Gasteiger partial charge in [-0.05, 0) is 42.0 Å². The average Bonchev–Trinajstić information content (AvgIpc) is 2.70. The van der Waals surface area contributed by atoms with E-state index in [-0.39, 0.29) is 5.78 Å². The molecule has 3 aromatic rings. The molecule has 1 N–H and O–H groups in total. The van der Waals surface area contributed by atoms with Crippen molar-refractivity contribution < 1.29 is 23.1 Å². The van der Waals surface area contributed by atoms with Gasteiger partial charge in [-0.3, -0.25) is 4.79 Å². The molecule has 0 bridgehead atoms. The average molecular weight is 382 g/mol. The number of ether oxygens (including phenoxy) is 1. The van der Waals surface area contributed by atoms with Gasteiger partial charge in [-0.15, -0.1) is 0 Å². The lowest BCUT2D eigenvalue weighted by Crippen LogP contribution is -2.07. The molecule has 0 aliphatic rings. The number of aliphatic hydroxyl groups excluding tert-OH is 1. The van der Waals surface area contributed by atoms with Gasteiger partial charge in [0.1, 0.15) is 27.5 Å². The molecule has 6 heteroatoms. The summed E-state index contributed by atoms with van der Waals surface area (Å²) < 4.78 is 28.0. The molecule has 0 saturated heterocycles. The van der Waals surface area contributed by atoms with E-state index in [1.54, 1.807) is 48.5 Å². The SMILES string of the molecule is O=C(c1ccc(Oc2ccccc2)cc1)c1ccc(C(CO)[SH](=O)=O)cc1. The molecule has 0 spiro atoms. The van der Waals surface area contributed by atoms with Crippen LogP contribution in [0.4, 0.5) is 0 Å². The Labute approximate surface area is 158 Å². The van der Waals surface area contributed by atoms with Crippen LogP contribution in [0.25, 0.3) is 0 Å². The maximum Gasteiger partial charge on any atom is 0.193 e. The first-order valence-corrected chi connectivity index (χ1v) is 9.55. The number of hydrogen-bond donors (Lipinski definition) is 2. The number of thiol groups is 1. The van der Waals surface area contributed by atoms with Crippen molar-refractivity contribution in [2.24, 2.45) is 0 Å². The molecule has 5 nitrogen and oxygen atoms in total. The summed E-state index contributed by atoms with van der Waals surface area (Å²) in [5.41, 5.74) is 1.39. The lowest BCUT2D eigenvalue weighted by atomic mass is 10.0. The summed E-state index contributed by atoms with van der Waals surface area (Å²) >= 11 is 0. The van der Waals surface area contributed by atoms with Crippen molar-refractivity contribution in [2.75, 3.05) is 6.61 Å². The molecule has 0 amide bonds. The molecule has 0 heterocycles. The third kappa shape index (κ3) is 4.61. The van der Waals surface area contributed by atoms with E-state index >= 15 is 0 Å². The highest BCUT2D eigenvalue weighted by Gasteiger charge is 2.15. The monoisotopic (exact) mass is 382 g/mol. The van der Waals surface area contributed by atoms with Gasteiger partial charge in [0.15, 0.2) is 5.78 Å². The lowest BCUT2D eigenvalue weighted by molar-refractivity contribution is 0.103. The van der Waals surface area contributed by atoms with E-state index in [9.17, 15) is 18.3 Å². The minimum atomic E-state index is -2.78. The number of carbonyl (C=O) groups is 1. The van der Waals surface area contributed by atoms with Crippen molar-refractivity contribution in [3.8, 4) is 11.5 Å². The van der Waals surface area contributed by atoms with E-state index in [4.69, 9.17) is 4.74 Å². The van der Waals surface area contributed by atoms with Crippen molar-refractivity contribution in [2.45, 2.75) is 5.25 Å². The molecule has 0 aliphatic heterocycles. The number of ketones is 1. The molecule has 0 aliphatic carbocycles. The largest absolute Gasteiger partial charge is 0.457 e. The Morgan fingerprint density at radius 3 is 1.85 bits per heavy atom. The maximum atomic E-state index is 12.6. The molecule has 0 fully saturated rings. The second kappa shape index (κ2) is 8.62. The topological polar surface area (TPSA) is 80.7 Å². The van der Waals surface area contributed by atoms with Gasteiger partial charge in [0.2, 0.25) is 0 Å². The van der Waals surface area contributed by atoms with E-state index in [1.807, 2.05) is 30.3 Å². The highest BCUT2D eigenvalue weighted by Crippen LogP contribution is 2.23. The standard InChI is InChI=1S/C21H18O5S/c22-14-20(27(24)25)15-6-8-16(9-7-15)21(23)17-10-12-19(13-11-17)26-18-4-2-1-3-5-18/h1-13,20,22,27H,14H2. The van der Waals surface area contributed by atoms with Gasteiger partial charge in [0.25, 0.3) is 0 Å². The van der Waals surface area contributed by atoms with Crippen molar-refractivity contribution >= 4 is 16.5 Å². The van der Waals surface area contributed by atoms with Crippen LogP contribution < -0.4 is 4.74 Å². The Hall–Kier alpha value is -2.96. The zero-order valence-corrected chi connectivity index (χ0v) is 15.2. The first kappa shape index (κ1) is 18.8. The molecule has 0 saturated carbocycles. The van der Waals surface area contributed by atoms with Crippen LogP contribution in [0, 0.1) is 0 Å². The molecule has 0 aromatic heterocycles. The van der Waals surface area contributed by atoms with Crippen LogP contribution in [0.2, 0.25) is 0 Å². The van der Waals surface area contributed by atoms with Crippen LogP contribution in [-0.4, -0.2) is 25.9 Å². The Kier molecular flexibility index (Phi) is 6.01. The zero-order chi connectivity index (χ0) is 19.2. The number of aliphatic hydroxyl groups is 1. The Morgan fingerprint density at radius 1 is 0.815 bits per heavy atom. The first-order valence-electron chi connectivity index (χ1n) is 8.30. The van der Waals surface area contributed by atoms with Crippen LogP contribution in [0.15, 0.2) is 78.9 Å². The summed E-state index contributed by atoms with van der Waals surface area (Å²) in [6, 6.07) is 22.4. The fourth-order valence-electron chi connectivity index (χ4n) is 2.62. The van der Waals surface area contributed by atoms with Crippen molar-refractivity contribution in [1.82, 2.24) is 0 Å². The Bertz CT molecular complexity index is 969. The quantitative estimate of drug-likeness (QED) is 0.484. The fourth-order valence-corrected chi connectivity index (χ4v) is 3.16. The lowest BCUT2D eigenvalue weighted by Gasteiger charge is -2.09. The third-order valence-electron chi connectivity index (χ3n) is 4.08. The van der Waals surface area contributed by atoms with Crippen LogP contribution in [0.1, 0.15) is 26.7 Å². The summed E-state index contributed by atoms with van der Waals surface area (Å²) in [7, 11) is -2.78. The van der Waals surface area contributed by atoms with Gasteiger partial charge in [-0.1, -0.05) is 42.5 Å². The van der Waals surface area contributed by atoms with Gasteiger partial charge in [-0.2, -0.15) is 0 Å². The van der Waals surface area contributed by atoms with Crippen molar-refractivity contribution in [1.29, 1.82) is 0 Å². The highest BCUT2D eigenvalue weighted by atomic mass is 32.2. The molecule has 0 radical (unpaired) electrons. The van der Waals surface area contributed by atoms with Gasteiger partial charge >= 0.3 is 0 Å². The predicted octanol–water partition coefficient (Wildman–Crippen LogP) is 3.35. The van der Waals surface area contributed by atoms with E-state index in [0.717, 1.165) is 0 Å². The van der Waals surface area contributed by atoms with Crippen molar-refractivity contribution in [3.05, 3.63) is 95.6 Å². The second-order valence-corrected chi connectivity index (χ2v) is 7.07. The van der Waals surface area contributed by atoms with E-state index in [0.29, 0.717) is 28.2 Å². The first-order chi connectivity index (χ1) is 13.1. The molecule has 1 atom stereocenters. The molecular formula is C21H18O5S. The molecule has 3 rings (SSSR count). The number of rotatable bonds is 7. The summed E-state index contributed by atoms with van der Waals surface area (Å²) in [6.45, 7) is -0.491. The third-order valence-corrected chi connectivity index (χ3v) is 5.05. The maximum absolute atomic E-state index is 12.6. The highest BCUT2D eigenvalue weighted by molar-refractivity contribution is 7.72. The summed E-state index contributed by atoms with van der Waals surface area (Å²) in [5.74, 6) is 1.15. The zero-order valence-electron chi connectivity index (χ0n) is 14.3. The number of carbonyl (C=O) groups excluding carboxylic acids is 1. The summed E-state index contributed by atoms with van der Waals surface area (Å²) in [4.78, 5) is 12.6. The fraction of sp³-hybridized carbons (Fsp3) is 0.0952. The normalized spacial score (nSPS) is 11.9. The second-order valence-electron chi connectivity index (χ2n) is 5.87. The molecular weight excluding hydrogens is 364 g/mol. The molecule has 3 aromatic carbocycles. The number of para-hydroxylation sites is 1. The van der Waals surface area contributed by atoms with Crippen LogP contribution in [0.5, 0.6) is 11.5 Å². The summed E-state index contributed by atoms with van der Waals surface area (Å²) in [5, 5.41) is 8.22. The van der Waals surface area contributed by atoms with E-state index in [2.05, 4.69) is 0 Å². The smallest absolute Gasteiger partial charge is 0.193 e. The Balaban J connectivity index is 1.74.